The van der Waals surface area contributed by atoms with E-state index >= 15 is 0 Å². The maximum Gasteiger partial charge on any atom is 0.338 e. The fourth-order valence-electron chi connectivity index (χ4n) is 2.48. The number of pyridine rings is 1. The maximum absolute atomic E-state index is 12.2. The molecule has 1 fully saturated rings. The number of carbonyl (C=O) groups is 1. The molecular weight excluding hydrogens is 270 g/mol. The Balaban J connectivity index is 1.59. The number of imidazole rings is 1. The van der Waals surface area contributed by atoms with E-state index in [9.17, 15) is 4.79 Å². The smallest absolute Gasteiger partial charge is 0.338 e. The molecule has 0 amide bonds. The summed E-state index contributed by atoms with van der Waals surface area (Å²) in [6.45, 7) is 5.94. The van der Waals surface area contributed by atoms with Crippen LogP contribution in [-0.4, -0.2) is 59.2 Å². The third-order valence-corrected chi connectivity index (χ3v) is 3.58. The summed E-state index contributed by atoms with van der Waals surface area (Å²) in [7, 11) is 0. The average molecular weight is 289 g/mol. The second kappa shape index (κ2) is 6.24. The Hall–Kier alpha value is -1.92. The zero-order valence-electron chi connectivity index (χ0n) is 12.1. The van der Waals surface area contributed by atoms with E-state index in [1.54, 1.807) is 24.7 Å². The first-order valence-electron chi connectivity index (χ1n) is 7.15. The van der Waals surface area contributed by atoms with Gasteiger partial charge in [0.2, 0.25) is 0 Å². The summed E-state index contributed by atoms with van der Waals surface area (Å²) in [5.41, 5.74) is 1.43. The zero-order valence-corrected chi connectivity index (χ0v) is 12.1. The number of nitrogens with zero attached hydrogens (tertiary/aromatic N) is 3. The van der Waals surface area contributed by atoms with Gasteiger partial charge in [0.25, 0.3) is 0 Å². The van der Waals surface area contributed by atoms with Gasteiger partial charge in [-0.15, -0.1) is 0 Å². The van der Waals surface area contributed by atoms with Crippen LogP contribution in [0.4, 0.5) is 0 Å². The Bertz CT molecular complexity index is 619. The summed E-state index contributed by atoms with van der Waals surface area (Å²) in [6, 6.07) is 3.54. The molecule has 0 bridgehead atoms. The summed E-state index contributed by atoms with van der Waals surface area (Å²) in [6.07, 6.45) is 5.09. The first kappa shape index (κ1) is 14.0. The Labute approximate surface area is 123 Å². The van der Waals surface area contributed by atoms with Crippen molar-refractivity contribution in [3.05, 3.63) is 36.4 Å². The topological polar surface area (TPSA) is 56.1 Å². The molecule has 0 aromatic carbocycles. The summed E-state index contributed by atoms with van der Waals surface area (Å²) in [4.78, 5) is 18.5. The highest BCUT2D eigenvalue weighted by atomic mass is 16.5. The Morgan fingerprint density at radius 1 is 1.48 bits per heavy atom. The Morgan fingerprint density at radius 2 is 2.29 bits per heavy atom. The molecular formula is C15H19N3O3. The normalized spacial score (nSPS) is 17.8. The lowest BCUT2D eigenvalue weighted by Gasteiger charge is -2.28. The average Bonchev–Trinajstić information content (AvgIpc) is 2.95. The number of carbonyl (C=O) groups excluding carboxylic acids is 1. The van der Waals surface area contributed by atoms with Gasteiger partial charge in [-0.2, -0.15) is 0 Å². The van der Waals surface area contributed by atoms with E-state index in [-0.39, 0.29) is 12.1 Å². The predicted molar refractivity (Wildman–Crippen MR) is 77.3 cm³/mol. The van der Waals surface area contributed by atoms with E-state index in [0.29, 0.717) is 5.56 Å². The fourth-order valence-corrected chi connectivity index (χ4v) is 2.48. The minimum Gasteiger partial charge on any atom is -0.458 e. The van der Waals surface area contributed by atoms with Crippen LogP contribution in [0.1, 0.15) is 17.3 Å². The molecule has 0 unspecified atom stereocenters. The van der Waals surface area contributed by atoms with Gasteiger partial charge in [0, 0.05) is 25.8 Å². The molecule has 21 heavy (non-hydrogen) atoms. The third-order valence-electron chi connectivity index (χ3n) is 3.58. The maximum atomic E-state index is 12.2. The van der Waals surface area contributed by atoms with Gasteiger partial charge < -0.3 is 13.9 Å². The number of ether oxygens (including phenoxy) is 2. The molecule has 1 atom stereocenters. The standard InChI is InChI=1S/C15H19N3O3/c1-12(10-17-4-6-20-7-5-17)21-15(19)13-2-3-18-11-16-9-14(18)8-13/h2-3,8-9,11-12H,4-7,10H2,1H3/t12-/m1/s1. The van der Waals surface area contributed by atoms with Gasteiger partial charge in [0.1, 0.15) is 6.10 Å². The van der Waals surface area contributed by atoms with E-state index in [0.717, 1.165) is 38.4 Å². The molecule has 112 valence electrons. The van der Waals surface area contributed by atoms with Crippen molar-refractivity contribution in [3.63, 3.8) is 0 Å². The molecule has 0 radical (unpaired) electrons. The molecule has 1 aliphatic rings. The Morgan fingerprint density at radius 3 is 3.10 bits per heavy atom. The van der Waals surface area contributed by atoms with Crippen molar-refractivity contribution in [1.29, 1.82) is 0 Å². The summed E-state index contributed by atoms with van der Waals surface area (Å²) in [5, 5.41) is 0. The number of fused-ring (bicyclic) bond motifs is 1. The van der Waals surface area contributed by atoms with E-state index in [1.165, 1.54) is 0 Å². The number of hydrogen-bond donors (Lipinski definition) is 0. The summed E-state index contributed by atoms with van der Waals surface area (Å²) < 4.78 is 12.7. The van der Waals surface area contributed by atoms with Crippen molar-refractivity contribution in [2.24, 2.45) is 0 Å². The van der Waals surface area contributed by atoms with Crippen LogP contribution in [0.5, 0.6) is 0 Å². The van der Waals surface area contributed by atoms with Gasteiger partial charge in [0.05, 0.1) is 36.8 Å². The van der Waals surface area contributed by atoms with E-state index in [1.807, 2.05) is 17.5 Å². The van der Waals surface area contributed by atoms with Crippen molar-refractivity contribution in [1.82, 2.24) is 14.3 Å². The summed E-state index contributed by atoms with van der Waals surface area (Å²) >= 11 is 0. The monoisotopic (exact) mass is 289 g/mol. The van der Waals surface area contributed by atoms with Gasteiger partial charge in [-0.3, -0.25) is 4.90 Å². The third kappa shape index (κ3) is 3.40. The van der Waals surface area contributed by atoms with Crippen LogP contribution in [0.25, 0.3) is 5.52 Å². The van der Waals surface area contributed by atoms with Gasteiger partial charge in [-0.1, -0.05) is 0 Å². The van der Waals surface area contributed by atoms with E-state index in [4.69, 9.17) is 9.47 Å². The molecule has 2 aromatic heterocycles. The van der Waals surface area contributed by atoms with Crippen LogP contribution >= 0.6 is 0 Å². The minimum atomic E-state index is -0.292. The molecule has 0 aliphatic carbocycles. The van der Waals surface area contributed by atoms with Crippen LogP contribution < -0.4 is 0 Å². The summed E-state index contributed by atoms with van der Waals surface area (Å²) in [5.74, 6) is -0.292. The first-order valence-corrected chi connectivity index (χ1v) is 7.15. The highest BCUT2D eigenvalue weighted by Gasteiger charge is 2.17. The van der Waals surface area contributed by atoms with Crippen LogP contribution in [0.15, 0.2) is 30.9 Å². The molecule has 3 heterocycles. The molecule has 1 saturated heterocycles. The van der Waals surface area contributed by atoms with Crippen LogP contribution in [0.2, 0.25) is 0 Å². The number of esters is 1. The second-order valence-corrected chi connectivity index (χ2v) is 5.27. The molecule has 2 aromatic rings. The van der Waals surface area contributed by atoms with Gasteiger partial charge in [-0.05, 0) is 19.1 Å². The van der Waals surface area contributed by atoms with Crippen LogP contribution in [-0.2, 0) is 9.47 Å². The van der Waals surface area contributed by atoms with Crippen molar-refractivity contribution >= 4 is 11.5 Å². The molecule has 1 aliphatic heterocycles. The largest absolute Gasteiger partial charge is 0.458 e. The van der Waals surface area contributed by atoms with Crippen LogP contribution in [0, 0.1) is 0 Å². The predicted octanol–water partition coefficient (Wildman–Crippen LogP) is 1.21. The van der Waals surface area contributed by atoms with Crippen molar-refractivity contribution in [3.8, 4) is 0 Å². The molecule has 0 spiro atoms. The molecule has 0 N–H and O–H groups in total. The quantitative estimate of drug-likeness (QED) is 0.792. The SMILES string of the molecule is C[C@H](CN1CCOCC1)OC(=O)c1ccn2cncc2c1. The lowest BCUT2D eigenvalue weighted by molar-refractivity contribution is 0.000448. The molecule has 3 rings (SSSR count). The minimum absolute atomic E-state index is 0.142. The Kier molecular flexibility index (Phi) is 4.17. The lowest BCUT2D eigenvalue weighted by Crippen LogP contribution is -2.41. The number of aromatic nitrogens is 2. The van der Waals surface area contributed by atoms with E-state index in [2.05, 4.69) is 9.88 Å². The molecule has 0 saturated carbocycles. The van der Waals surface area contributed by atoms with E-state index < -0.39 is 0 Å². The lowest BCUT2D eigenvalue weighted by atomic mass is 10.2. The van der Waals surface area contributed by atoms with Crippen LogP contribution in [0.3, 0.4) is 0 Å². The highest BCUT2D eigenvalue weighted by Crippen LogP contribution is 2.10. The van der Waals surface area contributed by atoms with Gasteiger partial charge >= 0.3 is 5.97 Å². The molecule has 6 heteroatoms. The number of morpholine rings is 1. The number of rotatable bonds is 4. The second-order valence-electron chi connectivity index (χ2n) is 5.27. The highest BCUT2D eigenvalue weighted by molar-refractivity contribution is 5.90. The molecule has 6 nitrogen and oxygen atoms in total. The first-order chi connectivity index (χ1) is 10.2. The van der Waals surface area contributed by atoms with Gasteiger partial charge in [0.15, 0.2) is 0 Å². The zero-order chi connectivity index (χ0) is 14.7. The van der Waals surface area contributed by atoms with Crippen molar-refractivity contribution in [2.45, 2.75) is 13.0 Å². The van der Waals surface area contributed by atoms with Gasteiger partial charge in [-0.25, -0.2) is 9.78 Å². The van der Waals surface area contributed by atoms with Crippen molar-refractivity contribution < 1.29 is 14.3 Å². The fraction of sp³-hybridized carbons (Fsp3) is 0.467. The number of hydrogen-bond acceptors (Lipinski definition) is 5. The van der Waals surface area contributed by atoms with Crippen molar-refractivity contribution in [2.75, 3.05) is 32.8 Å².